The first-order valence-electron chi connectivity index (χ1n) is 5.30. The van der Waals surface area contributed by atoms with Crippen molar-refractivity contribution >= 4 is 0 Å². The zero-order valence-electron chi connectivity index (χ0n) is 9.47. The molecule has 0 fully saturated rings. The lowest BCUT2D eigenvalue weighted by molar-refractivity contribution is 0.392. The van der Waals surface area contributed by atoms with Crippen molar-refractivity contribution in [3.63, 3.8) is 0 Å². The molecule has 1 aromatic heterocycles. The van der Waals surface area contributed by atoms with Gasteiger partial charge in [-0.1, -0.05) is 31.2 Å². The van der Waals surface area contributed by atoms with Gasteiger partial charge in [0.15, 0.2) is 0 Å². The molecule has 0 amide bonds. The summed E-state index contributed by atoms with van der Waals surface area (Å²) in [6.45, 7) is 2.14. The molecule has 0 bridgehead atoms. The van der Waals surface area contributed by atoms with Gasteiger partial charge in [-0.15, -0.1) is 10.2 Å². The van der Waals surface area contributed by atoms with Crippen LogP contribution in [0.3, 0.4) is 0 Å². The zero-order chi connectivity index (χ0) is 11.4. The van der Waals surface area contributed by atoms with Gasteiger partial charge < -0.3 is 4.74 Å². The van der Waals surface area contributed by atoms with Crippen LogP contribution in [0.5, 0.6) is 5.88 Å². The smallest absolute Gasteiger partial charge is 0.233 e. The van der Waals surface area contributed by atoms with Crippen LogP contribution in [0, 0.1) is 0 Å². The van der Waals surface area contributed by atoms with Gasteiger partial charge >= 0.3 is 0 Å². The SMILES string of the molecule is CCc1ccc(-c2ccc(OC)nn2)cc1. The van der Waals surface area contributed by atoms with E-state index in [1.807, 2.05) is 12.1 Å². The van der Waals surface area contributed by atoms with E-state index in [0.717, 1.165) is 17.7 Å². The highest BCUT2D eigenvalue weighted by Gasteiger charge is 2.00. The summed E-state index contributed by atoms with van der Waals surface area (Å²) < 4.78 is 4.97. The normalized spacial score (nSPS) is 10.1. The summed E-state index contributed by atoms with van der Waals surface area (Å²) in [5.74, 6) is 0.536. The molecule has 0 aliphatic carbocycles. The monoisotopic (exact) mass is 214 g/mol. The Hall–Kier alpha value is -1.90. The molecule has 0 radical (unpaired) electrons. The van der Waals surface area contributed by atoms with Gasteiger partial charge in [-0.25, -0.2) is 0 Å². The lowest BCUT2D eigenvalue weighted by Crippen LogP contribution is -1.92. The first-order valence-corrected chi connectivity index (χ1v) is 5.30. The van der Waals surface area contributed by atoms with Crippen molar-refractivity contribution in [2.75, 3.05) is 7.11 Å². The fourth-order valence-corrected chi connectivity index (χ4v) is 1.49. The molecule has 2 rings (SSSR count). The number of benzene rings is 1. The Balaban J connectivity index is 2.28. The maximum Gasteiger partial charge on any atom is 0.233 e. The average Bonchev–Trinajstić information content (AvgIpc) is 2.39. The highest BCUT2D eigenvalue weighted by Crippen LogP contribution is 2.18. The van der Waals surface area contributed by atoms with E-state index >= 15 is 0 Å². The highest BCUT2D eigenvalue weighted by atomic mass is 16.5. The molecule has 3 heteroatoms. The maximum absolute atomic E-state index is 4.97. The molecule has 16 heavy (non-hydrogen) atoms. The Bertz CT molecular complexity index is 403. The summed E-state index contributed by atoms with van der Waals surface area (Å²) in [6.07, 6.45) is 1.05. The van der Waals surface area contributed by atoms with Crippen molar-refractivity contribution in [1.82, 2.24) is 10.2 Å². The Kier molecular flexibility index (Phi) is 3.15. The van der Waals surface area contributed by atoms with E-state index in [4.69, 9.17) is 4.74 Å². The Morgan fingerprint density at radius 3 is 2.25 bits per heavy atom. The van der Waals surface area contributed by atoms with Crippen LogP contribution in [0.4, 0.5) is 0 Å². The fraction of sp³-hybridized carbons (Fsp3) is 0.231. The minimum Gasteiger partial charge on any atom is -0.480 e. The number of hydrogen-bond acceptors (Lipinski definition) is 3. The molecule has 0 saturated carbocycles. The van der Waals surface area contributed by atoms with Crippen LogP contribution in [0.1, 0.15) is 12.5 Å². The number of methoxy groups -OCH3 is 1. The maximum atomic E-state index is 4.97. The molecule has 0 spiro atoms. The van der Waals surface area contributed by atoms with Crippen LogP contribution < -0.4 is 4.74 Å². The minimum atomic E-state index is 0.536. The van der Waals surface area contributed by atoms with Crippen LogP contribution in [-0.4, -0.2) is 17.3 Å². The van der Waals surface area contributed by atoms with E-state index in [2.05, 4.69) is 41.4 Å². The highest BCUT2D eigenvalue weighted by molar-refractivity contribution is 5.58. The number of nitrogens with zero attached hydrogens (tertiary/aromatic N) is 2. The predicted octanol–water partition coefficient (Wildman–Crippen LogP) is 2.71. The summed E-state index contributed by atoms with van der Waals surface area (Å²) in [4.78, 5) is 0. The third kappa shape index (κ3) is 2.19. The van der Waals surface area contributed by atoms with Crippen LogP contribution in [-0.2, 0) is 6.42 Å². The molecule has 82 valence electrons. The summed E-state index contributed by atoms with van der Waals surface area (Å²) >= 11 is 0. The van der Waals surface area contributed by atoms with Gasteiger partial charge in [-0.05, 0) is 18.1 Å². The number of aromatic nitrogens is 2. The quantitative estimate of drug-likeness (QED) is 0.788. The predicted molar refractivity (Wildman–Crippen MR) is 63.4 cm³/mol. The van der Waals surface area contributed by atoms with Crippen LogP contribution in [0.2, 0.25) is 0 Å². The van der Waals surface area contributed by atoms with E-state index in [9.17, 15) is 0 Å². The van der Waals surface area contributed by atoms with Crippen LogP contribution in [0.25, 0.3) is 11.3 Å². The van der Waals surface area contributed by atoms with Crippen molar-refractivity contribution < 1.29 is 4.74 Å². The van der Waals surface area contributed by atoms with Crippen molar-refractivity contribution in [2.45, 2.75) is 13.3 Å². The molecule has 0 N–H and O–H groups in total. The van der Waals surface area contributed by atoms with Gasteiger partial charge in [0.2, 0.25) is 5.88 Å². The lowest BCUT2D eigenvalue weighted by atomic mass is 10.1. The molecule has 0 aliphatic heterocycles. The summed E-state index contributed by atoms with van der Waals surface area (Å²) in [7, 11) is 1.58. The van der Waals surface area contributed by atoms with Crippen LogP contribution >= 0.6 is 0 Å². The second kappa shape index (κ2) is 4.75. The van der Waals surface area contributed by atoms with E-state index < -0.39 is 0 Å². The standard InChI is InChI=1S/C13H14N2O/c1-3-10-4-6-11(7-5-10)12-8-9-13(16-2)15-14-12/h4-9H,3H2,1-2H3. The van der Waals surface area contributed by atoms with Crippen molar-refractivity contribution in [2.24, 2.45) is 0 Å². The van der Waals surface area contributed by atoms with Gasteiger partial charge in [-0.3, -0.25) is 0 Å². The molecule has 1 heterocycles. The van der Waals surface area contributed by atoms with Crippen molar-refractivity contribution in [1.29, 1.82) is 0 Å². The molecule has 2 aromatic rings. The molecular formula is C13H14N2O. The van der Waals surface area contributed by atoms with E-state index in [1.54, 1.807) is 7.11 Å². The fourth-order valence-electron chi connectivity index (χ4n) is 1.49. The largest absolute Gasteiger partial charge is 0.480 e. The molecular weight excluding hydrogens is 200 g/mol. The first kappa shape index (κ1) is 10.6. The van der Waals surface area contributed by atoms with E-state index in [-0.39, 0.29) is 0 Å². The van der Waals surface area contributed by atoms with E-state index in [0.29, 0.717) is 5.88 Å². The molecule has 1 aromatic carbocycles. The molecule has 0 unspecified atom stereocenters. The molecule has 0 aliphatic rings. The Morgan fingerprint density at radius 2 is 1.75 bits per heavy atom. The summed E-state index contributed by atoms with van der Waals surface area (Å²) in [5, 5.41) is 8.04. The Morgan fingerprint density at radius 1 is 1.00 bits per heavy atom. The number of hydrogen-bond donors (Lipinski definition) is 0. The Labute approximate surface area is 95.1 Å². The zero-order valence-corrected chi connectivity index (χ0v) is 9.47. The van der Waals surface area contributed by atoms with Gasteiger partial charge in [0, 0.05) is 11.6 Å². The topological polar surface area (TPSA) is 35.0 Å². The minimum absolute atomic E-state index is 0.536. The average molecular weight is 214 g/mol. The first-order chi connectivity index (χ1) is 7.83. The second-order valence-electron chi connectivity index (χ2n) is 3.51. The summed E-state index contributed by atoms with van der Waals surface area (Å²) in [5.41, 5.74) is 3.26. The molecule has 0 atom stereocenters. The van der Waals surface area contributed by atoms with Gasteiger partial charge in [0.1, 0.15) is 0 Å². The number of ether oxygens (including phenoxy) is 1. The van der Waals surface area contributed by atoms with Crippen LogP contribution in [0.15, 0.2) is 36.4 Å². The van der Waals surface area contributed by atoms with Crippen molar-refractivity contribution in [3.05, 3.63) is 42.0 Å². The third-order valence-corrected chi connectivity index (χ3v) is 2.51. The van der Waals surface area contributed by atoms with Gasteiger partial charge in [0.05, 0.1) is 12.8 Å². The van der Waals surface area contributed by atoms with Gasteiger partial charge in [-0.2, -0.15) is 0 Å². The van der Waals surface area contributed by atoms with Crippen molar-refractivity contribution in [3.8, 4) is 17.1 Å². The van der Waals surface area contributed by atoms with E-state index in [1.165, 1.54) is 5.56 Å². The number of rotatable bonds is 3. The molecule has 0 saturated heterocycles. The van der Waals surface area contributed by atoms with Gasteiger partial charge in [0.25, 0.3) is 0 Å². The third-order valence-electron chi connectivity index (χ3n) is 2.51. The summed E-state index contributed by atoms with van der Waals surface area (Å²) in [6, 6.07) is 12.1. The molecule has 3 nitrogen and oxygen atoms in total. The lowest BCUT2D eigenvalue weighted by Gasteiger charge is -2.02. The second-order valence-corrected chi connectivity index (χ2v) is 3.51. The number of aryl methyl sites for hydroxylation is 1.